The van der Waals surface area contributed by atoms with Crippen LogP contribution < -0.4 is 16.6 Å². The lowest BCUT2D eigenvalue weighted by Gasteiger charge is -2.03. The molecule has 17 heavy (non-hydrogen) atoms. The molecule has 2 aromatic rings. The van der Waals surface area contributed by atoms with Gasteiger partial charge < -0.3 is 10.7 Å². The summed E-state index contributed by atoms with van der Waals surface area (Å²) in [6.07, 6.45) is 1.46. The lowest BCUT2D eigenvalue weighted by molar-refractivity contribution is 0.0945. The van der Waals surface area contributed by atoms with Gasteiger partial charge in [-0.05, 0) is 12.1 Å². The second-order valence-corrected chi connectivity index (χ2v) is 3.09. The van der Waals surface area contributed by atoms with Crippen LogP contribution in [0.2, 0.25) is 0 Å². The molecule has 0 fully saturated rings. The van der Waals surface area contributed by atoms with E-state index in [0.717, 1.165) is 0 Å². The van der Waals surface area contributed by atoms with Crippen molar-refractivity contribution in [3.63, 3.8) is 0 Å². The normalized spacial score (nSPS) is 9.94. The van der Waals surface area contributed by atoms with Gasteiger partial charge in [0.2, 0.25) is 0 Å². The third-order valence-electron chi connectivity index (χ3n) is 1.96. The zero-order valence-electron chi connectivity index (χ0n) is 8.71. The number of carbonyl (C=O) groups excluding carboxylic acids is 1. The smallest absolute Gasteiger partial charge is 0.270 e. The van der Waals surface area contributed by atoms with Crippen LogP contribution in [-0.2, 0) is 6.54 Å². The van der Waals surface area contributed by atoms with Crippen LogP contribution >= 0.6 is 0 Å². The molecule has 0 aliphatic heterocycles. The van der Waals surface area contributed by atoms with E-state index in [9.17, 15) is 4.79 Å². The number of nitrogen functional groups attached to an aromatic ring is 1. The molecule has 0 spiro atoms. The quantitative estimate of drug-likeness (QED) is 0.386. The minimum absolute atomic E-state index is 0.188. The summed E-state index contributed by atoms with van der Waals surface area (Å²) in [5.41, 5.74) is 3.33. The maximum atomic E-state index is 11.6. The number of H-pyrrole nitrogens is 1. The highest BCUT2D eigenvalue weighted by Gasteiger charge is 2.07. The number of nitrogens with one attached hydrogen (secondary N) is 3. The summed E-state index contributed by atoms with van der Waals surface area (Å²) in [6.45, 7) is 0.188. The molecule has 1 amide bonds. The second kappa shape index (κ2) is 4.99. The molecule has 9 heteroatoms. The zero-order valence-corrected chi connectivity index (χ0v) is 8.71. The number of hydrogen-bond acceptors (Lipinski definition) is 7. The fourth-order valence-corrected chi connectivity index (χ4v) is 1.12. The lowest BCUT2D eigenvalue weighted by atomic mass is 10.3. The first-order valence-corrected chi connectivity index (χ1v) is 4.73. The highest BCUT2D eigenvalue weighted by molar-refractivity contribution is 5.92. The third-order valence-corrected chi connectivity index (χ3v) is 1.96. The number of carbonyl (C=O) groups is 1. The van der Waals surface area contributed by atoms with Crippen molar-refractivity contribution in [2.75, 3.05) is 5.43 Å². The van der Waals surface area contributed by atoms with Gasteiger partial charge in [-0.1, -0.05) is 5.21 Å². The Labute approximate surface area is 95.8 Å². The fourth-order valence-electron chi connectivity index (χ4n) is 1.12. The zero-order chi connectivity index (χ0) is 12.1. The van der Waals surface area contributed by atoms with Crippen LogP contribution in [-0.4, -0.2) is 31.5 Å². The molecule has 2 rings (SSSR count). The van der Waals surface area contributed by atoms with Crippen molar-refractivity contribution in [2.24, 2.45) is 5.84 Å². The molecule has 0 atom stereocenters. The van der Waals surface area contributed by atoms with Gasteiger partial charge in [-0.3, -0.25) is 10.6 Å². The number of aromatic nitrogens is 5. The van der Waals surface area contributed by atoms with Crippen LogP contribution in [0.4, 0.5) is 5.69 Å². The Morgan fingerprint density at radius 2 is 2.35 bits per heavy atom. The van der Waals surface area contributed by atoms with Crippen LogP contribution in [0, 0.1) is 0 Å². The Kier molecular flexibility index (Phi) is 3.21. The summed E-state index contributed by atoms with van der Waals surface area (Å²) < 4.78 is 0. The highest BCUT2D eigenvalue weighted by Crippen LogP contribution is 2.03. The van der Waals surface area contributed by atoms with Gasteiger partial charge in [0.1, 0.15) is 5.69 Å². The number of tetrazole rings is 1. The summed E-state index contributed by atoms with van der Waals surface area (Å²) in [6, 6.07) is 3.21. The molecule has 0 aromatic carbocycles. The topological polar surface area (TPSA) is 134 Å². The number of pyridine rings is 1. The number of anilines is 1. The largest absolute Gasteiger partial charge is 0.343 e. The Balaban J connectivity index is 1.95. The molecule has 0 saturated heterocycles. The van der Waals surface area contributed by atoms with Gasteiger partial charge in [0.25, 0.3) is 5.91 Å². The maximum Gasteiger partial charge on any atom is 0.270 e. The molecule has 0 aliphatic carbocycles. The van der Waals surface area contributed by atoms with Gasteiger partial charge >= 0.3 is 0 Å². The van der Waals surface area contributed by atoms with Crippen LogP contribution in [0.15, 0.2) is 18.3 Å². The van der Waals surface area contributed by atoms with Crippen LogP contribution in [0.5, 0.6) is 0 Å². The minimum Gasteiger partial charge on any atom is -0.343 e. The Bertz CT molecular complexity index is 479. The summed E-state index contributed by atoms with van der Waals surface area (Å²) in [5.74, 6) is 5.26. The number of amides is 1. The van der Waals surface area contributed by atoms with Crippen molar-refractivity contribution < 1.29 is 4.79 Å². The molecular formula is C8H10N8O. The van der Waals surface area contributed by atoms with Crippen LogP contribution in [0.1, 0.15) is 16.3 Å². The summed E-state index contributed by atoms with van der Waals surface area (Å²) >= 11 is 0. The van der Waals surface area contributed by atoms with Crippen molar-refractivity contribution >= 4 is 11.6 Å². The number of nitrogens with zero attached hydrogens (tertiary/aromatic N) is 4. The van der Waals surface area contributed by atoms with Crippen molar-refractivity contribution in [3.8, 4) is 0 Å². The molecule has 0 bridgehead atoms. The second-order valence-electron chi connectivity index (χ2n) is 3.09. The molecule has 0 unspecified atom stereocenters. The number of nitrogens with two attached hydrogens (primary N) is 1. The van der Waals surface area contributed by atoms with Gasteiger partial charge in [-0.15, -0.1) is 10.2 Å². The maximum absolute atomic E-state index is 11.6. The van der Waals surface area contributed by atoms with Gasteiger partial charge in [-0.2, -0.15) is 5.21 Å². The van der Waals surface area contributed by atoms with E-state index in [-0.39, 0.29) is 18.1 Å². The van der Waals surface area contributed by atoms with Crippen molar-refractivity contribution in [1.29, 1.82) is 0 Å². The third kappa shape index (κ3) is 2.72. The summed E-state index contributed by atoms with van der Waals surface area (Å²) in [4.78, 5) is 15.6. The summed E-state index contributed by atoms with van der Waals surface area (Å²) in [5, 5.41) is 15.7. The minimum atomic E-state index is -0.321. The first-order chi connectivity index (χ1) is 8.29. The number of hydrazine groups is 1. The predicted octanol–water partition coefficient (Wildman–Crippen LogP) is -1.19. The Hall–Kier alpha value is -2.55. The van der Waals surface area contributed by atoms with Crippen LogP contribution in [0.25, 0.3) is 0 Å². The first kappa shape index (κ1) is 11.0. The molecule has 9 nitrogen and oxygen atoms in total. The molecule has 0 radical (unpaired) electrons. The average Bonchev–Trinajstić information content (AvgIpc) is 2.89. The van der Waals surface area contributed by atoms with E-state index in [1.165, 1.54) is 6.20 Å². The molecule has 2 aromatic heterocycles. The van der Waals surface area contributed by atoms with E-state index >= 15 is 0 Å². The Morgan fingerprint density at radius 3 is 2.94 bits per heavy atom. The molecule has 88 valence electrons. The van der Waals surface area contributed by atoms with Gasteiger partial charge in [0.05, 0.1) is 18.4 Å². The lowest BCUT2D eigenvalue weighted by Crippen LogP contribution is -2.24. The monoisotopic (exact) mass is 234 g/mol. The van der Waals surface area contributed by atoms with Crippen molar-refractivity contribution in [3.05, 3.63) is 29.8 Å². The molecule has 0 aliphatic rings. The molecular weight excluding hydrogens is 224 g/mol. The van der Waals surface area contributed by atoms with E-state index in [2.05, 4.69) is 36.4 Å². The van der Waals surface area contributed by atoms with E-state index < -0.39 is 0 Å². The molecule has 2 heterocycles. The van der Waals surface area contributed by atoms with Gasteiger partial charge in [-0.25, -0.2) is 4.98 Å². The number of aromatic amines is 1. The fraction of sp³-hybridized carbons (Fsp3) is 0.125. The van der Waals surface area contributed by atoms with Gasteiger partial charge in [0, 0.05) is 0 Å². The first-order valence-electron chi connectivity index (χ1n) is 4.73. The predicted molar refractivity (Wildman–Crippen MR) is 57.4 cm³/mol. The standard InChI is InChI=1S/C8H10N8O/c9-12-5-1-2-6(10-3-5)8(17)11-4-7-13-15-16-14-7/h1-3,12H,4,9H2,(H,11,17)(H,13,14,15,16). The van der Waals surface area contributed by atoms with E-state index in [1.807, 2.05) is 0 Å². The van der Waals surface area contributed by atoms with Crippen molar-refractivity contribution in [2.45, 2.75) is 6.54 Å². The van der Waals surface area contributed by atoms with Crippen LogP contribution in [0.3, 0.4) is 0 Å². The van der Waals surface area contributed by atoms with E-state index in [4.69, 9.17) is 5.84 Å². The molecule has 0 saturated carbocycles. The molecule has 5 N–H and O–H groups in total. The van der Waals surface area contributed by atoms with Crippen molar-refractivity contribution in [1.82, 2.24) is 30.9 Å². The number of rotatable bonds is 4. The summed E-state index contributed by atoms with van der Waals surface area (Å²) in [7, 11) is 0. The average molecular weight is 234 g/mol. The van der Waals surface area contributed by atoms with Gasteiger partial charge in [0.15, 0.2) is 5.82 Å². The van der Waals surface area contributed by atoms with E-state index in [0.29, 0.717) is 11.5 Å². The number of hydrogen-bond donors (Lipinski definition) is 4. The van der Waals surface area contributed by atoms with E-state index in [1.54, 1.807) is 12.1 Å². The highest BCUT2D eigenvalue weighted by atomic mass is 16.1. The Morgan fingerprint density at radius 1 is 1.47 bits per heavy atom. The SMILES string of the molecule is NNc1ccc(C(=O)NCc2nn[nH]n2)nc1.